The first kappa shape index (κ1) is 15.1. The van der Waals surface area contributed by atoms with Gasteiger partial charge in [0.1, 0.15) is 5.69 Å². The van der Waals surface area contributed by atoms with Crippen LogP contribution in [0.3, 0.4) is 0 Å². The molecule has 10 nitrogen and oxygen atoms in total. The molecule has 0 spiro atoms. The molecule has 2 N–H and O–H groups in total. The third kappa shape index (κ3) is 3.05. The number of benzene rings is 1. The van der Waals surface area contributed by atoms with Gasteiger partial charge >= 0.3 is 0 Å². The summed E-state index contributed by atoms with van der Waals surface area (Å²) < 4.78 is 30.1. The molecular formula is C9H10N6O4S2. The lowest BCUT2D eigenvalue weighted by atomic mass is 10.2. The lowest BCUT2D eigenvalue weighted by molar-refractivity contribution is -0.384. The molecule has 2 aromatic rings. The van der Waals surface area contributed by atoms with Crippen molar-refractivity contribution in [3.63, 3.8) is 0 Å². The molecule has 0 aliphatic carbocycles. The zero-order chi connectivity index (χ0) is 15.6. The lowest BCUT2D eigenvalue weighted by Gasteiger charge is -2.10. The Labute approximate surface area is 123 Å². The zero-order valence-electron chi connectivity index (χ0n) is 10.9. The van der Waals surface area contributed by atoms with Crippen LogP contribution in [-0.2, 0) is 10.0 Å². The van der Waals surface area contributed by atoms with Crippen LogP contribution in [0.4, 0.5) is 16.5 Å². The Kier molecular flexibility index (Phi) is 3.99. The van der Waals surface area contributed by atoms with Crippen LogP contribution in [0.2, 0.25) is 0 Å². The molecule has 0 fully saturated rings. The molecule has 1 heterocycles. The van der Waals surface area contributed by atoms with Crippen molar-refractivity contribution in [2.45, 2.75) is 11.8 Å². The number of nitrogens with one attached hydrogen (secondary N) is 2. The second kappa shape index (κ2) is 5.57. The first-order chi connectivity index (χ1) is 9.85. The highest BCUT2D eigenvalue weighted by Gasteiger charge is 2.24. The van der Waals surface area contributed by atoms with E-state index in [0.717, 1.165) is 17.6 Å². The Balaban J connectivity index is 2.52. The maximum atomic E-state index is 12.3. The summed E-state index contributed by atoms with van der Waals surface area (Å²) >= 11 is 0.760. The Morgan fingerprint density at radius 1 is 1.38 bits per heavy atom. The second-order valence-electron chi connectivity index (χ2n) is 3.91. The lowest BCUT2D eigenvalue weighted by Crippen LogP contribution is -2.15. The van der Waals surface area contributed by atoms with Crippen molar-refractivity contribution >= 4 is 38.1 Å². The smallest absolute Gasteiger partial charge is 0.293 e. The summed E-state index contributed by atoms with van der Waals surface area (Å²) in [6.07, 6.45) is 0. The van der Waals surface area contributed by atoms with Gasteiger partial charge in [-0.15, -0.1) is 0 Å². The van der Waals surface area contributed by atoms with Crippen molar-refractivity contribution < 1.29 is 13.3 Å². The van der Waals surface area contributed by atoms with Crippen molar-refractivity contribution in [1.29, 1.82) is 0 Å². The van der Waals surface area contributed by atoms with Crippen molar-refractivity contribution in [3.8, 4) is 0 Å². The topological polar surface area (TPSA) is 140 Å². The third-order valence-corrected chi connectivity index (χ3v) is 4.69. The van der Waals surface area contributed by atoms with E-state index in [9.17, 15) is 18.5 Å². The van der Waals surface area contributed by atoms with E-state index in [0.29, 0.717) is 5.56 Å². The van der Waals surface area contributed by atoms with Crippen LogP contribution in [-0.4, -0.2) is 35.2 Å². The Hall–Kier alpha value is -2.34. The molecular weight excluding hydrogens is 320 g/mol. The number of sulfonamides is 1. The molecule has 0 aliphatic rings. The maximum Gasteiger partial charge on any atom is 0.293 e. The van der Waals surface area contributed by atoms with E-state index in [4.69, 9.17) is 0 Å². The fourth-order valence-electron chi connectivity index (χ4n) is 1.66. The van der Waals surface area contributed by atoms with Gasteiger partial charge in [0.05, 0.1) is 9.82 Å². The zero-order valence-corrected chi connectivity index (χ0v) is 12.5. The number of aromatic nitrogens is 3. The van der Waals surface area contributed by atoms with Gasteiger partial charge in [-0.1, -0.05) is 9.59 Å². The summed E-state index contributed by atoms with van der Waals surface area (Å²) in [4.78, 5) is 10.1. The summed E-state index contributed by atoms with van der Waals surface area (Å²) in [5.74, 6) is 0. The van der Waals surface area contributed by atoms with Gasteiger partial charge in [-0.05, 0) is 23.8 Å². The number of anilines is 2. The van der Waals surface area contributed by atoms with E-state index in [2.05, 4.69) is 24.8 Å². The van der Waals surface area contributed by atoms with Gasteiger partial charge in [0.25, 0.3) is 15.7 Å². The van der Waals surface area contributed by atoms with E-state index in [1.165, 1.54) is 20.0 Å². The summed E-state index contributed by atoms with van der Waals surface area (Å²) in [5.41, 5.74) is 0.253. The van der Waals surface area contributed by atoms with Gasteiger partial charge in [0, 0.05) is 24.6 Å². The van der Waals surface area contributed by atoms with E-state index < -0.39 is 14.9 Å². The molecule has 12 heteroatoms. The predicted molar refractivity (Wildman–Crippen MR) is 75.9 cm³/mol. The quantitative estimate of drug-likeness (QED) is 0.611. The maximum absolute atomic E-state index is 12.3. The minimum Gasteiger partial charge on any atom is -0.383 e. The van der Waals surface area contributed by atoms with E-state index in [-0.39, 0.29) is 21.4 Å². The summed E-state index contributed by atoms with van der Waals surface area (Å²) in [6.45, 7) is 1.54. The summed E-state index contributed by atoms with van der Waals surface area (Å²) in [7, 11) is -2.49. The molecule has 112 valence electrons. The molecule has 0 aliphatic heterocycles. The number of rotatable bonds is 5. The van der Waals surface area contributed by atoms with Crippen molar-refractivity contribution in [3.05, 3.63) is 27.8 Å². The molecule has 0 saturated carbocycles. The van der Waals surface area contributed by atoms with Crippen LogP contribution >= 0.6 is 11.5 Å². The average molecular weight is 330 g/mol. The minimum absolute atomic E-state index is 0.0188. The molecule has 0 amide bonds. The highest BCUT2D eigenvalue weighted by atomic mass is 32.2. The summed E-state index contributed by atoms with van der Waals surface area (Å²) in [6, 6.07) is 2.39. The van der Waals surface area contributed by atoms with E-state index >= 15 is 0 Å². The molecule has 2 rings (SSSR count). The van der Waals surface area contributed by atoms with Crippen LogP contribution in [0.15, 0.2) is 17.0 Å². The van der Waals surface area contributed by atoms with Crippen molar-refractivity contribution in [2.75, 3.05) is 17.1 Å². The highest BCUT2D eigenvalue weighted by molar-refractivity contribution is 7.93. The van der Waals surface area contributed by atoms with Gasteiger partial charge < -0.3 is 5.32 Å². The number of aryl methyl sites for hydroxylation is 1. The fraction of sp³-hybridized carbons (Fsp3) is 0.222. The van der Waals surface area contributed by atoms with Crippen LogP contribution in [0, 0.1) is 17.0 Å². The average Bonchev–Trinajstić information content (AvgIpc) is 2.89. The standard InChI is InChI=1S/C9H10N6O4S2/c1-5-3-6(10-2)7(15(16)17)4-8(5)21(18,19)12-9-11-13-14-20-9/h3-4,10H,1-2H3,(H,11,12,14). The van der Waals surface area contributed by atoms with Crippen LogP contribution < -0.4 is 10.0 Å². The summed E-state index contributed by atoms with van der Waals surface area (Å²) in [5, 5.41) is 20.4. The van der Waals surface area contributed by atoms with Crippen molar-refractivity contribution in [1.82, 2.24) is 14.8 Å². The number of hydrogen-bond donors (Lipinski definition) is 2. The number of nitro groups is 1. The third-order valence-electron chi connectivity index (χ3n) is 2.57. The Bertz CT molecular complexity index is 774. The molecule has 0 radical (unpaired) electrons. The van der Waals surface area contributed by atoms with Gasteiger partial charge in [-0.25, -0.2) is 8.42 Å². The van der Waals surface area contributed by atoms with Gasteiger partial charge in [-0.3, -0.25) is 14.8 Å². The Morgan fingerprint density at radius 2 is 2.10 bits per heavy atom. The van der Waals surface area contributed by atoms with Crippen LogP contribution in [0.25, 0.3) is 0 Å². The first-order valence-corrected chi connectivity index (χ1v) is 7.75. The first-order valence-electron chi connectivity index (χ1n) is 5.50. The molecule has 1 aromatic heterocycles. The minimum atomic E-state index is -4.01. The largest absolute Gasteiger partial charge is 0.383 e. The normalized spacial score (nSPS) is 11.1. The molecule has 0 atom stereocenters. The molecule has 0 bridgehead atoms. The van der Waals surface area contributed by atoms with E-state index in [1.54, 1.807) is 0 Å². The van der Waals surface area contributed by atoms with Gasteiger partial charge in [0.15, 0.2) is 0 Å². The van der Waals surface area contributed by atoms with Crippen LogP contribution in [0.1, 0.15) is 5.56 Å². The second-order valence-corrected chi connectivity index (χ2v) is 6.30. The number of hydrogen-bond acceptors (Lipinski definition) is 9. The number of nitrogens with zero attached hydrogens (tertiary/aromatic N) is 4. The van der Waals surface area contributed by atoms with Gasteiger partial charge in [-0.2, -0.15) is 0 Å². The van der Waals surface area contributed by atoms with Gasteiger partial charge in [0.2, 0.25) is 5.13 Å². The molecule has 21 heavy (non-hydrogen) atoms. The molecule has 0 unspecified atom stereocenters. The van der Waals surface area contributed by atoms with Crippen LogP contribution in [0.5, 0.6) is 0 Å². The van der Waals surface area contributed by atoms with E-state index in [1.807, 2.05) is 0 Å². The fourth-order valence-corrected chi connectivity index (χ4v) is 3.49. The number of nitro benzene ring substituents is 1. The monoisotopic (exact) mass is 330 g/mol. The SMILES string of the molecule is CNc1cc(C)c(S(=O)(=O)Nc2nnns2)cc1[N+](=O)[O-]. The van der Waals surface area contributed by atoms with Crippen molar-refractivity contribution in [2.24, 2.45) is 0 Å². The molecule has 1 aromatic carbocycles. The predicted octanol–water partition coefficient (Wildman–Crippen LogP) is 0.992. The molecule has 0 saturated heterocycles. The highest BCUT2D eigenvalue weighted by Crippen LogP contribution is 2.31. The Morgan fingerprint density at radius 3 is 2.62 bits per heavy atom.